The molecule has 1 aromatic carbocycles. The molecule has 0 amide bonds. The molecule has 116 valence electrons. The van der Waals surface area contributed by atoms with E-state index >= 15 is 0 Å². The smallest absolute Gasteiger partial charge is 0.346 e. The summed E-state index contributed by atoms with van der Waals surface area (Å²) in [6, 6.07) is 1.33. The number of hydrogen-bond acceptors (Lipinski definition) is 4. The van der Waals surface area contributed by atoms with E-state index in [4.69, 9.17) is 10.5 Å². The molecule has 5 nitrogen and oxygen atoms in total. The van der Waals surface area contributed by atoms with Crippen LogP contribution in [-0.4, -0.2) is 18.1 Å². The minimum atomic E-state index is -1.23. The van der Waals surface area contributed by atoms with Crippen LogP contribution in [0.1, 0.15) is 25.7 Å². The Morgan fingerprint density at radius 2 is 1.95 bits per heavy atom. The van der Waals surface area contributed by atoms with Crippen LogP contribution in [0.15, 0.2) is 12.1 Å². The molecule has 7 heteroatoms. The van der Waals surface area contributed by atoms with Crippen molar-refractivity contribution in [3.05, 3.63) is 33.9 Å². The van der Waals surface area contributed by atoms with Gasteiger partial charge in [-0.3, -0.25) is 10.1 Å². The number of halogens is 2. The van der Waals surface area contributed by atoms with Crippen LogP contribution < -0.4 is 10.5 Å². The molecule has 1 saturated carbocycles. The number of rotatable bonds is 5. The van der Waals surface area contributed by atoms with Gasteiger partial charge in [-0.2, -0.15) is 4.39 Å². The lowest BCUT2D eigenvalue weighted by molar-refractivity contribution is -0.388. The van der Waals surface area contributed by atoms with Gasteiger partial charge < -0.3 is 10.5 Å². The van der Waals surface area contributed by atoms with Crippen LogP contribution in [0.5, 0.6) is 5.75 Å². The second kappa shape index (κ2) is 6.80. The maximum atomic E-state index is 13.5. The van der Waals surface area contributed by atoms with Crippen LogP contribution in [0, 0.1) is 33.6 Å². The summed E-state index contributed by atoms with van der Waals surface area (Å²) < 4.78 is 32.1. The molecule has 0 aromatic heterocycles. The van der Waals surface area contributed by atoms with E-state index in [-0.39, 0.29) is 24.2 Å². The monoisotopic (exact) mass is 300 g/mol. The van der Waals surface area contributed by atoms with Gasteiger partial charge in [0.2, 0.25) is 11.6 Å². The fourth-order valence-electron chi connectivity index (χ4n) is 2.84. The maximum Gasteiger partial charge on any atom is 0.346 e. The van der Waals surface area contributed by atoms with E-state index in [0.29, 0.717) is 12.6 Å². The predicted molar refractivity (Wildman–Crippen MR) is 73.0 cm³/mol. The standard InChI is InChI=1S/C14H18F2N2O3/c15-11-5-12(16)14(18(19)20)13(6-11)21-8-10-4-2-1-3-9(10)7-17/h5-6,9-10H,1-4,7-8,17H2. The molecule has 2 rings (SSSR count). The van der Waals surface area contributed by atoms with Gasteiger partial charge in [-0.05, 0) is 31.2 Å². The summed E-state index contributed by atoms with van der Waals surface area (Å²) in [6.07, 6.45) is 4.05. The van der Waals surface area contributed by atoms with E-state index in [1.165, 1.54) is 0 Å². The van der Waals surface area contributed by atoms with Crippen molar-refractivity contribution in [2.45, 2.75) is 25.7 Å². The van der Waals surface area contributed by atoms with Crippen molar-refractivity contribution < 1.29 is 18.4 Å². The van der Waals surface area contributed by atoms with Crippen molar-refractivity contribution in [2.75, 3.05) is 13.2 Å². The zero-order valence-electron chi connectivity index (χ0n) is 11.6. The fourth-order valence-corrected chi connectivity index (χ4v) is 2.84. The highest BCUT2D eigenvalue weighted by atomic mass is 19.1. The minimum Gasteiger partial charge on any atom is -0.486 e. The van der Waals surface area contributed by atoms with Crippen molar-refractivity contribution in [3.63, 3.8) is 0 Å². The van der Waals surface area contributed by atoms with Gasteiger partial charge in [-0.1, -0.05) is 12.8 Å². The first-order valence-corrected chi connectivity index (χ1v) is 6.99. The van der Waals surface area contributed by atoms with Gasteiger partial charge in [0.05, 0.1) is 11.5 Å². The highest BCUT2D eigenvalue weighted by molar-refractivity contribution is 5.47. The molecule has 21 heavy (non-hydrogen) atoms. The third kappa shape index (κ3) is 3.66. The first-order valence-electron chi connectivity index (χ1n) is 6.99. The molecule has 0 aliphatic heterocycles. The van der Waals surface area contributed by atoms with E-state index in [2.05, 4.69) is 0 Å². The first-order chi connectivity index (χ1) is 10.0. The summed E-state index contributed by atoms with van der Waals surface area (Å²) in [5.74, 6) is -2.04. The number of nitrogens with two attached hydrogens (primary N) is 1. The van der Waals surface area contributed by atoms with Gasteiger partial charge >= 0.3 is 5.69 Å². The lowest BCUT2D eigenvalue weighted by atomic mass is 9.80. The van der Waals surface area contributed by atoms with Crippen molar-refractivity contribution in [3.8, 4) is 5.75 Å². The third-order valence-electron chi connectivity index (χ3n) is 4.00. The Hall–Kier alpha value is -1.76. The third-order valence-corrected chi connectivity index (χ3v) is 4.00. The molecular formula is C14H18F2N2O3. The zero-order chi connectivity index (χ0) is 15.4. The summed E-state index contributed by atoms with van der Waals surface area (Å²) in [7, 11) is 0. The molecule has 1 fully saturated rings. The summed E-state index contributed by atoms with van der Waals surface area (Å²) in [5, 5.41) is 10.9. The van der Waals surface area contributed by atoms with Crippen LogP contribution in [0.25, 0.3) is 0 Å². The molecule has 0 radical (unpaired) electrons. The van der Waals surface area contributed by atoms with Gasteiger partial charge in [0.15, 0.2) is 0 Å². The van der Waals surface area contributed by atoms with Crippen molar-refractivity contribution in [1.82, 2.24) is 0 Å². The lowest BCUT2D eigenvalue weighted by Gasteiger charge is -2.30. The Labute approximate surface area is 121 Å². The van der Waals surface area contributed by atoms with Crippen molar-refractivity contribution in [2.24, 2.45) is 17.6 Å². The molecule has 1 aliphatic rings. The Morgan fingerprint density at radius 1 is 1.29 bits per heavy atom. The predicted octanol–water partition coefficient (Wildman–Crippen LogP) is 3.02. The highest BCUT2D eigenvalue weighted by Gasteiger charge is 2.27. The Morgan fingerprint density at radius 3 is 2.57 bits per heavy atom. The fraction of sp³-hybridized carbons (Fsp3) is 0.571. The largest absolute Gasteiger partial charge is 0.486 e. The molecule has 2 atom stereocenters. The summed E-state index contributed by atoms with van der Waals surface area (Å²) in [6.45, 7) is 0.708. The average molecular weight is 300 g/mol. The molecule has 0 saturated heterocycles. The highest BCUT2D eigenvalue weighted by Crippen LogP contribution is 2.34. The Kier molecular flexibility index (Phi) is 5.06. The van der Waals surface area contributed by atoms with Crippen molar-refractivity contribution in [1.29, 1.82) is 0 Å². The second-order valence-electron chi connectivity index (χ2n) is 5.34. The number of nitro benzene ring substituents is 1. The van der Waals surface area contributed by atoms with E-state index in [0.717, 1.165) is 31.7 Å². The average Bonchev–Trinajstić information content (AvgIpc) is 2.44. The molecule has 0 bridgehead atoms. The van der Waals surface area contributed by atoms with E-state index in [1.807, 2.05) is 0 Å². The molecule has 1 aromatic rings. The normalized spacial score (nSPS) is 22.0. The van der Waals surface area contributed by atoms with E-state index < -0.39 is 22.2 Å². The molecule has 0 spiro atoms. The summed E-state index contributed by atoms with van der Waals surface area (Å²) in [4.78, 5) is 9.97. The zero-order valence-corrected chi connectivity index (χ0v) is 11.6. The van der Waals surface area contributed by atoms with Crippen LogP contribution >= 0.6 is 0 Å². The number of hydrogen-bond donors (Lipinski definition) is 1. The van der Waals surface area contributed by atoms with Crippen LogP contribution in [0.4, 0.5) is 14.5 Å². The molecule has 0 heterocycles. The summed E-state index contributed by atoms with van der Waals surface area (Å²) in [5.41, 5.74) is 4.88. The molecule has 2 N–H and O–H groups in total. The lowest BCUT2D eigenvalue weighted by Crippen LogP contribution is -2.30. The number of ether oxygens (including phenoxy) is 1. The van der Waals surface area contributed by atoms with E-state index in [1.54, 1.807) is 0 Å². The van der Waals surface area contributed by atoms with Crippen molar-refractivity contribution >= 4 is 5.69 Å². The SMILES string of the molecule is NCC1CCCCC1COc1cc(F)cc(F)c1[N+](=O)[O-]. The van der Waals surface area contributed by atoms with Gasteiger partial charge in [-0.25, -0.2) is 4.39 Å². The number of benzene rings is 1. The summed E-state index contributed by atoms with van der Waals surface area (Å²) >= 11 is 0. The molecular weight excluding hydrogens is 282 g/mol. The second-order valence-corrected chi connectivity index (χ2v) is 5.34. The van der Waals surface area contributed by atoms with Crippen LogP contribution in [-0.2, 0) is 0 Å². The topological polar surface area (TPSA) is 78.4 Å². The van der Waals surface area contributed by atoms with Crippen LogP contribution in [0.3, 0.4) is 0 Å². The van der Waals surface area contributed by atoms with Gasteiger partial charge in [-0.15, -0.1) is 0 Å². The Balaban J connectivity index is 2.13. The maximum absolute atomic E-state index is 13.5. The van der Waals surface area contributed by atoms with Crippen LogP contribution in [0.2, 0.25) is 0 Å². The Bertz CT molecular complexity index is 525. The van der Waals surface area contributed by atoms with Gasteiger partial charge in [0.1, 0.15) is 5.82 Å². The molecule has 1 aliphatic carbocycles. The number of nitro groups is 1. The molecule has 2 unspecified atom stereocenters. The first kappa shape index (κ1) is 15.6. The quantitative estimate of drug-likeness (QED) is 0.669. The van der Waals surface area contributed by atoms with Gasteiger partial charge in [0, 0.05) is 12.1 Å². The minimum absolute atomic E-state index is 0.162. The van der Waals surface area contributed by atoms with Gasteiger partial charge in [0.25, 0.3) is 0 Å². The number of nitrogens with zero attached hydrogens (tertiary/aromatic N) is 1. The van der Waals surface area contributed by atoms with E-state index in [9.17, 15) is 18.9 Å².